The molecule has 4 heteroatoms. The fourth-order valence-electron chi connectivity index (χ4n) is 0.915. The summed E-state index contributed by atoms with van der Waals surface area (Å²) in [5.41, 5.74) is 6.37. The van der Waals surface area contributed by atoms with Crippen LogP contribution in [0.25, 0.3) is 0 Å². The molecule has 0 bridgehead atoms. The Kier molecular flexibility index (Phi) is 2.65. The van der Waals surface area contributed by atoms with Crippen LogP contribution in [0.1, 0.15) is 11.4 Å². The highest BCUT2D eigenvalue weighted by atomic mass is 35.5. The van der Waals surface area contributed by atoms with Gasteiger partial charge in [-0.15, -0.1) is 6.58 Å². The molecule has 0 radical (unpaired) electrons. The molecule has 1 aromatic rings. The van der Waals surface area contributed by atoms with Gasteiger partial charge in [-0.1, -0.05) is 17.7 Å². The first-order chi connectivity index (χ1) is 5.65. The van der Waals surface area contributed by atoms with Crippen LogP contribution in [-0.2, 0) is 6.42 Å². The first-order valence-corrected chi connectivity index (χ1v) is 3.92. The van der Waals surface area contributed by atoms with Gasteiger partial charge in [0.1, 0.15) is 16.8 Å². The van der Waals surface area contributed by atoms with Crippen LogP contribution in [0.5, 0.6) is 0 Å². The van der Waals surface area contributed by atoms with Crippen LogP contribution < -0.4 is 5.73 Å². The number of nitrogen functional groups attached to an aromatic ring is 1. The second kappa shape index (κ2) is 3.54. The third kappa shape index (κ3) is 1.74. The molecular weight excluding hydrogens is 174 g/mol. The summed E-state index contributed by atoms with van der Waals surface area (Å²) in [6.45, 7) is 5.34. The van der Waals surface area contributed by atoms with Crippen molar-refractivity contribution >= 4 is 17.4 Å². The molecule has 0 amide bonds. The molecule has 1 aromatic heterocycles. The molecule has 0 fully saturated rings. The average Bonchev–Trinajstić information content (AvgIpc) is 1.96. The number of allylic oxidation sites excluding steroid dienone is 1. The number of halogens is 1. The summed E-state index contributed by atoms with van der Waals surface area (Å²) >= 11 is 5.83. The van der Waals surface area contributed by atoms with E-state index < -0.39 is 0 Å². The van der Waals surface area contributed by atoms with E-state index in [4.69, 9.17) is 17.3 Å². The Balaban J connectivity index is 3.18. The van der Waals surface area contributed by atoms with Gasteiger partial charge < -0.3 is 5.73 Å². The van der Waals surface area contributed by atoms with Crippen molar-refractivity contribution in [1.82, 2.24) is 9.97 Å². The maximum Gasteiger partial charge on any atom is 0.138 e. The molecule has 3 nitrogen and oxygen atoms in total. The predicted octanol–water partition coefficient (Wildman–Crippen LogP) is 1.75. The van der Waals surface area contributed by atoms with Crippen LogP contribution in [0.15, 0.2) is 12.7 Å². The van der Waals surface area contributed by atoms with Crippen molar-refractivity contribution in [1.29, 1.82) is 0 Å². The highest BCUT2D eigenvalue weighted by Gasteiger charge is 2.06. The zero-order valence-electron chi connectivity index (χ0n) is 6.84. The lowest BCUT2D eigenvalue weighted by atomic mass is 10.2. The monoisotopic (exact) mass is 183 g/mol. The number of aryl methyl sites for hydroxylation is 1. The number of nitrogens with zero attached hydrogens (tertiary/aromatic N) is 2. The molecule has 12 heavy (non-hydrogen) atoms. The van der Waals surface area contributed by atoms with E-state index in [0.29, 0.717) is 23.2 Å². The van der Waals surface area contributed by atoms with Crippen molar-refractivity contribution in [2.45, 2.75) is 13.3 Å². The third-order valence-electron chi connectivity index (χ3n) is 1.45. The lowest BCUT2D eigenvalue weighted by molar-refractivity contribution is 1.02. The molecule has 0 unspecified atom stereocenters. The fraction of sp³-hybridized carbons (Fsp3) is 0.250. The van der Waals surface area contributed by atoms with Crippen LogP contribution >= 0.6 is 11.6 Å². The van der Waals surface area contributed by atoms with Gasteiger partial charge in [0.2, 0.25) is 0 Å². The SMILES string of the molecule is C=CCc1c(N)nc(C)nc1Cl. The Morgan fingerprint density at radius 1 is 1.58 bits per heavy atom. The molecule has 1 rings (SSSR count). The van der Waals surface area contributed by atoms with Gasteiger partial charge in [0.05, 0.1) is 0 Å². The summed E-state index contributed by atoms with van der Waals surface area (Å²) in [5, 5.41) is 0.417. The van der Waals surface area contributed by atoms with E-state index in [-0.39, 0.29) is 0 Å². The van der Waals surface area contributed by atoms with Gasteiger partial charge in [0.15, 0.2) is 0 Å². The number of nitrogens with two attached hydrogens (primary N) is 1. The van der Waals surface area contributed by atoms with Crippen molar-refractivity contribution in [3.05, 3.63) is 29.2 Å². The first kappa shape index (κ1) is 9.00. The Bertz CT molecular complexity index is 286. The Hall–Kier alpha value is -1.09. The zero-order valence-corrected chi connectivity index (χ0v) is 7.60. The number of rotatable bonds is 2. The summed E-state index contributed by atoms with van der Waals surface area (Å²) in [6.07, 6.45) is 2.32. The van der Waals surface area contributed by atoms with Crippen LogP contribution in [0.3, 0.4) is 0 Å². The maximum absolute atomic E-state index is 5.83. The van der Waals surface area contributed by atoms with Gasteiger partial charge in [-0.2, -0.15) is 0 Å². The van der Waals surface area contributed by atoms with Gasteiger partial charge in [-0.3, -0.25) is 0 Å². The molecule has 0 aromatic carbocycles. The van der Waals surface area contributed by atoms with Gasteiger partial charge in [-0.25, -0.2) is 9.97 Å². The Labute approximate surface area is 76.3 Å². The number of hydrogen-bond acceptors (Lipinski definition) is 3. The second-order valence-electron chi connectivity index (χ2n) is 2.42. The summed E-state index contributed by atoms with van der Waals surface area (Å²) < 4.78 is 0. The van der Waals surface area contributed by atoms with Gasteiger partial charge in [0, 0.05) is 5.56 Å². The summed E-state index contributed by atoms with van der Waals surface area (Å²) in [4.78, 5) is 7.97. The predicted molar refractivity (Wildman–Crippen MR) is 50.1 cm³/mol. The first-order valence-electron chi connectivity index (χ1n) is 3.54. The molecule has 0 atom stereocenters. The van der Waals surface area contributed by atoms with E-state index in [1.807, 2.05) is 0 Å². The minimum Gasteiger partial charge on any atom is -0.383 e. The normalized spacial score (nSPS) is 9.83. The average molecular weight is 184 g/mol. The van der Waals surface area contributed by atoms with E-state index in [1.54, 1.807) is 13.0 Å². The highest BCUT2D eigenvalue weighted by Crippen LogP contribution is 2.18. The Morgan fingerprint density at radius 3 is 2.75 bits per heavy atom. The lowest BCUT2D eigenvalue weighted by Gasteiger charge is -2.04. The molecule has 1 heterocycles. The molecule has 0 saturated carbocycles. The zero-order chi connectivity index (χ0) is 9.14. The molecule has 0 aliphatic rings. The molecule has 0 aliphatic heterocycles. The fourth-order valence-corrected chi connectivity index (χ4v) is 1.21. The standard InChI is InChI=1S/C8H10ClN3/c1-3-4-6-7(9)11-5(2)12-8(6)10/h3H,1,4H2,2H3,(H2,10,11,12). The van der Waals surface area contributed by atoms with Crippen molar-refractivity contribution in [3.8, 4) is 0 Å². The molecule has 64 valence electrons. The van der Waals surface area contributed by atoms with Crippen molar-refractivity contribution in [2.75, 3.05) is 5.73 Å². The van der Waals surface area contributed by atoms with Gasteiger partial charge in [-0.05, 0) is 13.3 Å². The minimum atomic E-state index is 0.417. The number of hydrogen-bond donors (Lipinski definition) is 1. The van der Waals surface area contributed by atoms with Crippen LogP contribution in [-0.4, -0.2) is 9.97 Å². The third-order valence-corrected chi connectivity index (χ3v) is 1.76. The van der Waals surface area contributed by atoms with E-state index in [2.05, 4.69) is 16.5 Å². The minimum absolute atomic E-state index is 0.417. The lowest BCUT2D eigenvalue weighted by Crippen LogP contribution is -2.02. The van der Waals surface area contributed by atoms with Gasteiger partial charge >= 0.3 is 0 Å². The van der Waals surface area contributed by atoms with E-state index >= 15 is 0 Å². The quantitative estimate of drug-likeness (QED) is 0.562. The number of aromatic nitrogens is 2. The van der Waals surface area contributed by atoms with Gasteiger partial charge in [0.25, 0.3) is 0 Å². The van der Waals surface area contributed by atoms with Crippen LogP contribution in [0.2, 0.25) is 5.15 Å². The Morgan fingerprint density at radius 2 is 2.25 bits per heavy atom. The molecule has 0 spiro atoms. The van der Waals surface area contributed by atoms with E-state index in [0.717, 1.165) is 5.56 Å². The van der Waals surface area contributed by atoms with Crippen LogP contribution in [0.4, 0.5) is 5.82 Å². The van der Waals surface area contributed by atoms with E-state index in [9.17, 15) is 0 Å². The largest absolute Gasteiger partial charge is 0.383 e. The molecule has 2 N–H and O–H groups in total. The molecule has 0 aliphatic carbocycles. The summed E-state index contributed by atoms with van der Waals surface area (Å²) in [7, 11) is 0. The summed E-state index contributed by atoms with van der Waals surface area (Å²) in [5.74, 6) is 1.03. The number of anilines is 1. The molecule has 0 saturated heterocycles. The van der Waals surface area contributed by atoms with Crippen molar-refractivity contribution in [3.63, 3.8) is 0 Å². The van der Waals surface area contributed by atoms with Crippen molar-refractivity contribution in [2.24, 2.45) is 0 Å². The topological polar surface area (TPSA) is 51.8 Å². The van der Waals surface area contributed by atoms with E-state index in [1.165, 1.54) is 0 Å². The highest BCUT2D eigenvalue weighted by molar-refractivity contribution is 6.30. The summed E-state index contributed by atoms with van der Waals surface area (Å²) in [6, 6.07) is 0. The molecular formula is C8H10ClN3. The second-order valence-corrected chi connectivity index (χ2v) is 2.78. The van der Waals surface area contributed by atoms with Crippen molar-refractivity contribution < 1.29 is 0 Å². The smallest absolute Gasteiger partial charge is 0.138 e. The maximum atomic E-state index is 5.83. The van der Waals surface area contributed by atoms with Crippen LogP contribution in [0, 0.1) is 6.92 Å².